The van der Waals surface area contributed by atoms with E-state index in [-0.39, 0.29) is 18.4 Å². The van der Waals surface area contributed by atoms with Gasteiger partial charge in [-0.05, 0) is 18.8 Å². The highest BCUT2D eigenvalue weighted by Gasteiger charge is 2.34. The van der Waals surface area contributed by atoms with Crippen molar-refractivity contribution in [3.05, 3.63) is 0 Å². The molecule has 13 heavy (non-hydrogen) atoms. The van der Waals surface area contributed by atoms with Crippen LogP contribution in [0.25, 0.3) is 0 Å². The van der Waals surface area contributed by atoms with Gasteiger partial charge in [0.2, 0.25) is 0 Å². The molecule has 76 valence electrons. The van der Waals surface area contributed by atoms with E-state index in [4.69, 9.17) is 5.11 Å². The molecule has 0 spiro atoms. The summed E-state index contributed by atoms with van der Waals surface area (Å²) in [5.74, 6) is -1.04. The first kappa shape index (κ1) is 10.5. The molecule has 1 saturated carbocycles. The lowest BCUT2D eigenvalue weighted by Crippen LogP contribution is -2.33. The van der Waals surface area contributed by atoms with Crippen LogP contribution in [-0.2, 0) is 19.1 Å². The average Bonchev–Trinajstić information content (AvgIpc) is 1.79. The third-order valence-corrected chi connectivity index (χ3v) is 2.67. The van der Waals surface area contributed by atoms with Crippen molar-refractivity contribution in [3.8, 4) is 0 Å². The molecule has 0 aromatic carbocycles. The Kier molecular flexibility index (Phi) is 2.92. The van der Waals surface area contributed by atoms with Gasteiger partial charge in [0.15, 0.2) is 0 Å². The van der Waals surface area contributed by atoms with Crippen LogP contribution in [0.3, 0.4) is 0 Å². The molecule has 0 atom stereocenters. The Labute approximate surface area is 76.8 Å². The van der Waals surface area contributed by atoms with E-state index in [9.17, 15) is 13.2 Å². The zero-order chi connectivity index (χ0) is 10.1. The minimum absolute atomic E-state index is 0.0795. The summed E-state index contributed by atoms with van der Waals surface area (Å²) in [6, 6.07) is 0. The summed E-state index contributed by atoms with van der Waals surface area (Å²) in [4.78, 5) is 10.4. The highest BCUT2D eigenvalue weighted by atomic mass is 32.2. The van der Waals surface area contributed by atoms with Crippen molar-refractivity contribution in [2.45, 2.75) is 12.8 Å². The maximum Gasteiger partial charge on any atom is 0.306 e. The Morgan fingerprint density at radius 3 is 2.46 bits per heavy atom. The van der Waals surface area contributed by atoms with E-state index in [1.807, 2.05) is 0 Å². The molecular formula is C7H12O5S. The van der Waals surface area contributed by atoms with Gasteiger partial charge in [0.1, 0.15) is 0 Å². The van der Waals surface area contributed by atoms with Crippen LogP contribution in [0, 0.1) is 11.8 Å². The van der Waals surface area contributed by atoms with Crippen LogP contribution in [0.4, 0.5) is 0 Å². The molecule has 0 radical (unpaired) electrons. The van der Waals surface area contributed by atoms with E-state index in [1.165, 1.54) is 0 Å². The standard InChI is InChI=1S/C7H12O5S/c1-13(10,11)12-4-5-2-6(3-5)7(8)9/h5-6H,2-4H2,1H3,(H,8,9). The predicted molar refractivity (Wildman–Crippen MR) is 44.6 cm³/mol. The average molecular weight is 208 g/mol. The van der Waals surface area contributed by atoms with E-state index in [1.54, 1.807) is 0 Å². The van der Waals surface area contributed by atoms with E-state index < -0.39 is 16.1 Å². The van der Waals surface area contributed by atoms with Gasteiger partial charge >= 0.3 is 5.97 Å². The number of carboxylic acid groups (broad SMARTS) is 1. The molecule has 0 saturated heterocycles. The highest BCUT2D eigenvalue weighted by molar-refractivity contribution is 7.85. The van der Waals surface area contributed by atoms with Crippen LogP contribution < -0.4 is 0 Å². The molecule has 0 aromatic rings. The normalized spacial score (nSPS) is 28.1. The molecule has 0 amide bonds. The third kappa shape index (κ3) is 3.31. The van der Waals surface area contributed by atoms with Crippen molar-refractivity contribution in [2.75, 3.05) is 12.9 Å². The van der Waals surface area contributed by atoms with Gasteiger partial charge in [0.25, 0.3) is 10.1 Å². The molecule has 0 heterocycles. The van der Waals surface area contributed by atoms with Crippen molar-refractivity contribution in [2.24, 2.45) is 11.8 Å². The molecule has 0 aromatic heterocycles. The van der Waals surface area contributed by atoms with Gasteiger partial charge in [-0.15, -0.1) is 0 Å². The van der Waals surface area contributed by atoms with Crippen LogP contribution in [0.15, 0.2) is 0 Å². The first-order valence-corrected chi connectivity index (χ1v) is 5.77. The Hall–Kier alpha value is -0.620. The number of hydrogen-bond acceptors (Lipinski definition) is 4. The molecular weight excluding hydrogens is 196 g/mol. The second kappa shape index (κ2) is 3.63. The smallest absolute Gasteiger partial charge is 0.306 e. The second-order valence-corrected chi connectivity index (χ2v) is 5.01. The molecule has 1 aliphatic carbocycles. The molecule has 1 N–H and O–H groups in total. The monoisotopic (exact) mass is 208 g/mol. The van der Waals surface area contributed by atoms with E-state index in [0.29, 0.717) is 12.8 Å². The lowest BCUT2D eigenvalue weighted by molar-refractivity contribution is -0.146. The zero-order valence-corrected chi connectivity index (χ0v) is 8.08. The lowest BCUT2D eigenvalue weighted by atomic mass is 9.75. The van der Waals surface area contributed by atoms with Gasteiger partial charge in [-0.1, -0.05) is 0 Å². The van der Waals surface area contributed by atoms with Gasteiger partial charge in [-0.25, -0.2) is 0 Å². The van der Waals surface area contributed by atoms with Gasteiger partial charge in [0.05, 0.1) is 18.8 Å². The van der Waals surface area contributed by atoms with Crippen molar-refractivity contribution < 1.29 is 22.5 Å². The Bertz CT molecular complexity index is 288. The molecule has 1 fully saturated rings. The summed E-state index contributed by atoms with van der Waals surface area (Å²) in [7, 11) is -3.38. The molecule has 1 rings (SSSR count). The third-order valence-electron chi connectivity index (χ3n) is 2.10. The van der Waals surface area contributed by atoms with Crippen LogP contribution in [0.2, 0.25) is 0 Å². The summed E-state index contributed by atoms with van der Waals surface area (Å²) >= 11 is 0. The minimum atomic E-state index is -3.38. The number of rotatable bonds is 4. The van der Waals surface area contributed by atoms with Gasteiger partial charge in [-0.3, -0.25) is 8.98 Å². The van der Waals surface area contributed by atoms with Crippen molar-refractivity contribution in [3.63, 3.8) is 0 Å². The SMILES string of the molecule is CS(=O)(=O)OCC1CC(C(=O)O)C1. The van der Waals surface area contributed by atoms with Gasteiger partial charge < -0.3 is 5.11 Å². The molecule has 0 unspecified atom stereocenters. The molecule has 0 bridgehead atoms. The summed E-state index contributed by atoms with van der Waals surface area (Å²) in [5, 5.41) is 8.52. The van der Waals surface area contributed by atoms with Crippen LogP contribution in [0.5, 0.6) is 0 Å². The van der Waals surface area contributed by atoms with E-state index in [0.717, 1.165) is 6.26 Å². The molecule has 6 heteroatoms. The van der Waals surface area contributed by atoms with Crippen molar-refractivity contribution in [1.29, 1.82) is 0 Å². The van der Waals surface area contributed by atoms with Crippen molar-refractivity contribution >= 4 is 16.1 Å². The van der Waals surface area contributed by atoms with Crippen LogP contribution in [0.1, 0.15) is 12.8 Å². The summed E-state index contributed by atoms with van der Waals surface area (Å²) in [5.41, 5.74) is 0. The Morgan fingerprint density at radius 2 is 2.08 bits per heavy atom. The maximum atomic E-state index is 10.6. The Morgan fingerprint density at radius 1 is 1.54 bits per heavy atom. The summed E-state index contributed by atoms with van der Waals surface area (Å²) in [6.45, 7) is 0.114. The summed E-state index contributed by atoms with van der Waals surface area (Å²) in [6.07, 6.45) is 2.02. The second-order valence-electron chi connectivity index (χ2n) is 3.36. The number of aliphatic carboxylic acids is 1. The number of carbonyl (C=O) groups is 1. The van der Waals surface area contributed by atoms with Crippen LogP contribution >= 0.6 is 0 Å². The number of hydrogen-bond donors (Lipinski definition) is 1. The number of carboxylic acids is 1. The largest absolute Gasteiger partial charge is 0.481 e. The quantitative estimate of drug-likeness (QED) is 0.661. The first-order chi connectivity index (χ1) is 5.88. The fraction of sp³-hybridized carbons (Fsp3) is 0.857. The Balaban J connectivity index is 2.19. The lowest BCUT2D eigenvalue weighted by Gasteiger charge is -2.31. The first-order valence-electron chi connectivity index (χ1n) is 3.95. The van der Waals surface area contributed by atoms with Crippen molar-refractivity contribution in [1.82, 2.24) is 0 Å². The fourth-order valence-corrected chi connectivity index (χ4v) is 1.73. The molecule has 0 aliphatic heterocycles. The zero-order valence-electron chi connectivity index (χ0n) is 7.26. The van der Waals surface area contributed by atoms with Gasteiger partial charge in [0, 0.05) is 0 Å². The highest BCUT2D eigenvalue weighted by Crippen LogP contribution is 2.34. The molecule has 1 aliphatic rings. The van der Waals surface area contributed by atoms with Gasteiger partial charge in [-0.2, -0.15) is 8.42 Å². The minimum Gasteiger partial charge on any atom is -0.481 e. The fourth-order valence-electron chi connectivity index (χ4n) is 1.29. The maximum absolute atomic E-state index is 10.6. The van der Waals surface area contributed by atoms with E-state index >= 15 is 0 Å². The summed E-state index contributed by atoms with van der Waals surface area (Å²) < 4.78 is 25.6. The topological polar surface area (TPSA) is 80.7 Å². The van der Waals surface area contributed by atoms with Crippen LogP contribution in [-0.4, -0.2) is 32.4 Å². The van der Waals surface area contributed by atoms with E-state index in [2.05, 4.69) is 4.18 Å². The predicted octanol–water partition coefficient (Wildman–Crippen LogP) is 0.0734. The molecule has 5 nitrogen and oxygen atoms in total.